The number of hydrogen-bond donors (Lipinski definition) is 2. The first-order chi connectivity index (χ1) is 7.81. The molecule has 0 fully saturated rings. The van der Waals surface area contributed by atoms with Gasteiger partial charge in [-0.3, -0.25) is 0 Å². The Hall–Kier alpha value is -1.13. The zero-order chi connectivity index (χ0) is 13.5. The Labute approximate surface area is 101 Å². The van der Waals surface area contributed by atoms with Crippen LogP contribution >= 0.6 is 0 Å². The van der Waals surface area contributed by atoms with E-state index in [0.717, 1.165) is 17.0 Å². The van der Waals surface area contributed by atoms with Crippen molar-refractivity contribution in [3.8, 4) is 0 Å². The third-order valence-electron chi connectivity index (χ3n) is 2.63. The van der Waals surface area contributed by atoms with E-state index in [1.807, 2.05) is 6.92 Å². The van der Waals surface area contributed by atoms with Crippen molar-refractivity contribution in [2.45, 2.75) is 38.8 Å². The zero-order valence-electron chi connectivity index (χ0n) is 10.7. The van der Waals surface area contributed by atoms with Crippen molar-refractivity contribution in [1.29, 1.82) is 0 Å². The van der Waals surface area contributed by atoms with Gasteiger partial charge in [-0.2, -0.15) is 13.2 Å². The molecule has 0 rings (SSSR count). The molecular weight excluding hydrogens is 229 g/mol. The van der Waals surface area contributed by atoms with Gasteiger partial charge in [-0.15, -0.1) is 0 Å². The summed E-state index contributed by atoms with van der Waals surface area (Å²) in [5.41, 5.74) is 2.65. The minimum absolute atomic E-state index is 0.154. The standard InChI is InChI=1S/C12H21F3N2/c1-9(16-3)11(10(2)17-4)7-5-6-8-12(13,14)15/h16-17H,1,5-8H2,2-4H3/b11-10+. The molecule has 0 saturated heterocycles. The molecule has 5 heteroatoms. The molecule has 0 spiro atoms. The molecule has 0 amide bonds. The summed E-state index contributed by atoms with van der Waals surface area (Å²) in [6.45, 7) is 5.73. The second-order valence-corrected chi connectivity index (χ2v) is 3.90. The molecular formula is C12H21F3N2. The zero-order valence-corrected chi connectivity index (χ0v) is 10.7. The first-order valence-corrected chi connectivity index (χ1v) is 5.63. The Kier molecular flexibility index (Phi) is 6.76. The van der Waals surface area contributed by atoms with E-state index in [2.05, 4.69) is 17.2 Å². The lowest BCUT2D eigenvalue weighted by Crippen LogP contribution is -2.14. The van der Waals surface area contributed by atoms with Crippen molar-refractivity contribution in [3.63, 3.8) is 0 Å². The molecule has 0 aliphatic rings. The van der Waals surface area contributed by atoms with E-state index in [-0.39, 0.29) is 6.42 Å². The Balaban J connectivity index is 4.26. The lowest BCUT2D eigenvalue weighted by Gasteiger charge is -2.15. The maximum absolute atomic E-state index is 12.0. The van der Waals surface area contributed by atoms with Crippen molar-refractivity contribution in [2.24, 2.45) is 0 Å². The molecule has 0 unspecified atom stereocenters. The van der Waals surface area contributed by atoms with E-state index < -0.39 is 12.6 Å². The molecule has 2 N–H and O–H groups in total. The number of halogens is 3. The molecule has 0 atom stereocenters. The number of rotatable bonds is 7. The maximum atomic E-state index is 12.0. The summed E-state index contributed by atoms with van der Waals surface area (Å²) in [6.07, 6.45) is -3.51. The van der Waals surface area contributed by atoms with Gasteiger partial charge in [0.15, 0.2) is 0 Å². The van der Waals surface area contributed by atoms with Crippen LogP contribution in [0.3, 0.4) is 0 Å². The molecule has 0 aliphatic heterocycles. The van der Waals surface area contributed by atoms with Gasteiger partial charge >= 0.3 is 6.18 Å². The van der Waals surface area contributed by atoms with Crippen LogP contribution in [-0.2, 0) is 0 Å². The molecule has 0 aliphatic carbocycles. The van der Waals surface area contributed by atoms with Crippen molar-refractivity contribution < 1.29 is 13.2 Å². The molecule has 2 nitrogen and oxygen atoms in total. The van der Waals surface area contributed by atoms with Crippen LogP contribution in [0.4, 0.5) is 13.2 Å². The minimum atomic E-state index is -4.05. The second-order valence-electron chi connectivity index (χ2n) is 3.90. The quantitative estimate of drug-likeness (QED) is 0.535. The Morgan fingerprint density at radius 2 is 1.71 bits per heavy atom. The van der Waals surface area contributed by atoms with E-state index in [4.69, 9.17) is 0 Å². The highest BCUT2D eigenvalue weighted by Gasteiger charge is 2.25. The normalized spacial score (nSPS) is 13.1. The van der Waals surface area contributed by atoms with E-state index in [1.54, 1.807) is 14.1 Å². The van der Waals surface area contributed by atoms with Crippen LogP contribution in [0.25, 0.3) is 0 Å². The van der Waals surface area contributed by atoms with Crippen molar-refractivity contribution in [3.05, 3.63) is 23.5 Å². The molecule has 0 aromatic rings. The monoisotopic (exact) mass is 250 g/mol. The summed E-state index contributed by atoms with van der Waals surface area (Å²) in [5.74, 6) is 0. The fourth-order valence-corrected chi connectivity index (χ4v) is 1.49. The van der Waals surface area contributed by atoms with E-state index in [1.165, 1.54) is 0 Å². The highest BCUT2D eigenvalue weighted by molar-refractivity contribution is 5.30. The van der Waals surface area contributed by atoms with Gasteiger partial charge in [0.2, 0.25) is 0 Å². The van der Waals surface area contributed by atoms with Crippen LogP contribution in [0.5, 0.6) is 0 Å². The summed E-state index contributed by atoms with van der Waals surface area (Å²) in [6, 6.07) is 0. The highest BCUT2D eigenvalue weighted by atomic mass is 19.4. The SMILES string of the molecule is C=C(NC)/C(CCCCC(F)(F)F)=C(\C)NC. The Morgan fingerprint density at radius 3 is 2.12 bits per heavy atom. The summed E-state index contributed by atoms with van der Waals surface area (Å²) < 4.78 is 35.9. The van der Waals surface area contributed by atoms with Gasteiger partial charge in [-0.1, -0.05) is 6.58 Å². The minimum Gasteiger partial charge on any atom is -0.391 e. The average Bonchev–Trinajstić information content (AvgIpc) is 2.26. The van der Waals surface area contributed by atoms with E-state index in [0.29, 0.717) is 12.8 Å². The number of alkyl halides is 3. The number of likely N-dealkylation sites (N-methyl/N-ethyl adjacent to an activating group) is 1. The highest BCUT2D eigenvalue weighted by Crippen LogP contribution is 2.24. The summed E-state index contributed by atoms with van der Waals surface area (Å²) in [4.78, 5) is 0. The van der Waals surface area contributed by atoms with Gasteiger partial charge in [0, 0.05) is 31.9 Å². The molecule has 0 radical (unpaired) electrons. The fourth-order valence-electron chi connectivity index (χ4n) is 1.49. The van der Waals surface area contributed by atoms with Gasteiger partial charge in [0.05, 0.1) is 0 Å². The molecule has 0 heterocycles. The smallest absolute Gasteiger partial charge is 0.389 e. The first kappa shape index (κ1) is 15.9. The number of hydrogen-bond acceptors (Lipinski definition) is 2. The van der Waals surface area contributed by atoms with Gasteiger partial charge in [0.25, 0.3) is 0 Å². The predicted octanol–water partition coefficient (Wildman–Crippen LogP) is 3.34. The van der Waals surface area contributed by atoms with Crippen LogP contribution in [0.15, 0.2) is 23.5 Å². The molecule has 0 aromatic heterocycles. The third-order valence-corrected chi connectivity index (χ3v) is 2.63. The molecule has 0 aromatic carbocycles. The fraction of sp³-hybridized carbons (Fsp3) is 0.667. The third kappa shape index (κ3) is 6.92. The van der Waals surface area contributed by atoms with Crippen LogP contribution in [0.1, 0.15) is 32.6 Å². The molecule has 0 bridgehead atoms. The molecule has 100 valence electrons. The summed E-state index contributed by atoms with van der Waals surface area (Å²) in [7, 11) is 3.54. The largest absolute Gasteiger partial charge is 0.391 e. The van der Waals surface area contributed by atoms with Gasteiger partial charge < -0.3 is 10.6 Å². The van der Waals surface area contributed by atoms with Gasteiger partial charge in [-0.05, 0) is 31.8 Å². The van der Waals surface area contributed by atoms with Crippen LogP contribution in [-0.4, -0.2) is 20.3 Å². The molecule has 0 saturated carbocycles. The first-order valence-electron chi connectivity index (χ1n) is 5.63. The lowest BCUT2D eigenvalue weighted by atomic mass is 10.0. The topological polar surface area (TPSA) is 24.1 Å². The number of allylic oxidation sites excluding steroid dienone is 2. The van der Waals surface area contributed by atoms with E-state index >= 15 is 0 Å². The van der Waals surface area contributed by atoms with Crippen LogP contribution in [0, 0.1) is 0 Å². The maximum Gasteiger partial charge on any atom is 0.389 e. The van der Waals surface area contributed by atoms with Crippen molar-refractivity contribution in [2.75, 3.05) is 14.1 Å². The van der Waals surface area contributed by atoms with Crippen LogP contribution in [0.2, 0.25) is 0 Å². The van der Waals surface area contributed by atoms with Crippen molar-refractivity contribution >= 4 is 0 Å². The van der Waals surface area contributed by atoms with Gasteiger partial charge in [-0.25, -0.2) is 0 Å². The predicted molar refractivity (Wildman–Crippen MR) is 64.5 cm³/mol. The molecule has 17 heavy (non-hydrogen) atoms. The van der Waals surface area contributed by atoms with Crippen molar-refractivity contribution in [1.82, 2.24) is 10.6 Å². The second kappa shape index (κ2) is 7.25. The number of nitrogens with one attached hydrogen (secondary N) is 2. The average molecular weight is 250 g/mol. The van der Waals surface area contributed by atoms with Gasteiger partial charge in [0.1, 0.15) is 0 Å². The lowest BCUT2D eigenvalue weighted by molar-refractivity contribution is -0.135. The Morgan fingerprint density at radius 1 is 1.12 bits per heavy atom. The summed E-state index contributed by atoms with van der Waals surface area (Å²) >= 11 is 0. The number of unbranched alkanes of at least 4 members (excludes halogenated alkanes) is 1. The van der Waals surface area contributed by atoms with Crippen LogP contribution < -0.4 is 10.6 Å². The van der Waals surface area contributed by atoms with E-state index in [9.17, 15) is 13.2 Å². The summed E-state index contributed by atoms with van der Waals surface area (Å²) in [5, 5.41) is 5.92. The Bertz CT molecular complexity index is 280.